The van der Waals surface area contributed by atoms with E-state index in [1.807, 2.05) is 0 Å². The summed E-state index contributed by atoms with van der Waals surface area (Å²) in [6.45, 7) is 2.75. The van der Waals surface area contributed by atoms with Gasteiger partial charge in [-0.2, -0.15) is 0 Å². The highest BCUT2D eigenvalue weighted by atomic mass is 28.2. The molecule has 80 valence electrons. The number of unbranched alkanes of at least 4 members (excludes halogenated alkanes) is 2. The van der Waals surface area contributed by atoms with Crippen LogP contribution in [0, 0.1) is 0 Å². The number of rotatable bonds is 9. The molecular weight excluding hydrogens is 184 g/mol. The Balaban J connectivity index is 3.17. The first-order valence-electron chi connectivity index (χ1n) is 4.98. The number of hydrogen-bond donors (Lipinski definition) is 0. The van der Waals surface area contributed by atoms with Gasteiger partial charge < -0.3 is 13.9 Å². The van der Waals surface area contributed by atoms with E-state index in [2.05, 4.69) is 6.92 Å². The van der Waals surface area contributed by atoms with Gasteiger partial charge in [0, 0.05) is 14.2 Å². The molecule has 0 aromatic rings. The minimum absolute atomic E-state index is 0.140. The molecule has 0 rings (SSSR count). The zero-order valence-corrected chi connectivity index (χ0v) is 10.5. The van der Waals surface area contributed by atoms with Crippen molar-refractivity contribution in [1.82, 2.24) is 0 Å². The van der Waals surface area contributed by atoms with E-state index >= 15 is 0 Å². The first kappa shape index (κ1) is 13.1. The molecule has 0 saturated carbocycles. The van der Waals surface area contributed by atoms with E-state index in [1.165, 1.54) is 25.3 Å². The molecule has 0 spiro atoms. The Morgan fingerprint density at radius 1 is 1.23 bits per heavy atom. The third kappa shape index (κ3) is 8.43. The maximum atomic E-state index is 5.57. The second-order valence-corrected chi connectivity index (χ2v) is 4.50. The van der Waals surface area contributed by atoms with E-state index < -0.39 is 9.76 Å². The van der Waals surface area contributed by atoms with Gasteiger partial charge in [-0.1, -0.05) is 26.2 Å². The van der Waals surface area contributed by atoms with Crippen LogP contribution in [0.3, 0.4) is 0 Å². The normalized spacial score (nSPS) is 14.1. The monoisotopic (exact) mass is 206 g/mol. The predicted molar refractivity (Wildman–Crippen MR) is 56.6 cm³/mol. The Bertz CT molecular complexity index is 101. The lowest BCUT2D eigenvalue weighted by atomic mass is 10.3. The van der Waals surface area contributed by atoms with E-state index in [0.717, 1.165) is 0 Å². The summed E-state index contributed by atoms with van der Waals surface area (Å²) < 4.78 is 15.6. The van der Waals surface area contributed by atoms with Gasteiger partial charge in [0.05, 0.1) is 6.61 Å². The van der Waals surface area contributed by atoms with Crippen molar-refractivity contribution < 1.29 is 13.9 Å². The van der Waals surface area contributed by atoms with Crippen molar-refractivity contribution in [2.45, 2.75) is 38.5 Å². The summed E-state index contributed by atoms with van der Waals surface area (Å²) in [4.78, 5) is 0. The molecule has 3 nitrogen and oxygen atoms in total. The van der Waals surface area contributed by atoms with Crippen molar-refractivity contribution in [3.8, 4) is 0 Å². The molecule has 0 aliphatic heterocycles. The summed E-state index contributed by atoms with van der Waals surface area (Å²) in [5.41, 5.74) is 0. The Hall–Kier alpha value is 0.0969. The molecule has 0 bridgehead atoms. The molecule has 0 aromatic heterocycles. The molecule has 1 atom stereocenters. The van der Waals surface area contributed by atoms with Crippen molar-refractivity contribution >= 4 is 9.76 Å². The molecule has 0 amide bonds. The summed E-state index contributed by atoms with van der Waals surface area (Å²) in [6, 6.07) is 1.25. The van der Waals surface area contributed by atoms with Gasteiger partial charge in [0.2, 0.25) is 0 Å². The number of hydrogen-bond acceptors (Lipinski definition) is 3. The van der Waals surface area contributed by atoms with Crippen LogP contribution < -0.4 is 0 Å². The summed E-state index contributed by atoms with van der Waals surface area (Å²) in [7, 11) is 2.92. The average Bonchev–Trinajstić information content (AvgIpc) is 2.16. The Labute approximate surface area is 83.7 Å². The van der Waals surface area contributed by atoms with Gasteiger partial charge in [0.15, 0.2) is 16.1 Å². The van der Waals surface area contributed by atoms with Crippen molar-refractivity contribution in [2.75, 3.05) is 20.8 Å². The molecule has 0 N–H and O–H groups in total. The van der Waals surface area contributed by atoms with Crippen LogP contribution >= 0.6 is 0 Å². The zero-order chi connectivity index (χ0) is 9.94. The van der Waals surface area contributed by atoms with Crippen molar-refractivity contribution in [1.29, 1.82) is 0 Å². The highest BCUT2D eigenvalue weighted by molar-refractivity contribution is 6.27. The Morgan fingerprint density at radius 2 is 2.00 bits per heavy atom. The van der Waals surface area contributed by atoms with E-state index in [1.54, 1.807) is 14.2 Å². The lowest BCUT2D eigenvalue weighted by molar-refractivity contribution is -0.0928. The van der Waals surface area contributed by atoms with Crippen LogP contribution in [0.1, 0.15) is 26.2 Å². The van der Waals surface area contributed by atoms with Crippen LogP contribution in [0.25, 0.3) is 0 Å². The minimum Gasteiger partial charge on any atom is -0.398 e. The summed E-state index contributed by atoms with van der Waals surface area (Å²) >= 11 is 0. The van der Waals surface area contributed by atoms with Gasteiger partial charge in [0.1, 0.15) is 0 Å². The zero-order valence-electron chi connectivity index (χ0n) is 9.04. The predicted octanol–water partition coefficient (Wildman–Crippen LogP) is 1.31. The lowest BCUT2D eigenvalue weighted by Crippen LogP contribution is -2.22. The highest BCUT2D eigenvalue weighted by Crippen LogP contribution is 2.01. The van der Waals surface area contributed by atoms with Crippen LogP contribution in [0.4, 0.5) is 0 Å². The smallest absolute Gasteiger partial charge is 0.170 e. The van der Waals surface area contributed by atoms with Crippen LogP contribution in [0.15, 0.2) is 0 Å². The fourth-order valence-electron chi connectivity index (χ4n) is 1.06. The summed E-state index contributed by atoms with van der Waals surface area (Å²) in [6.07, 6.45) is 3.75. The standard InChI is InChI=1S/C9H22O3Si/c1-4-5-6-7-13-12-9(11-3)8-10-2/h9H,4-8,13H2,1-3H3. The van der Waals surface area contributed by atoms with Crippen LogP contribution in [-0.4, -0.2) is 36.9 Å². The van der Waals surface area contributed by atoms with Gasteiger partial charge >= 0.3 is 0 Å². The second kappa shape index (κ2) is 10.2. The van der Waals surface area contributed by atoms with Crippen molar-refractivity contribution in [3.05, 3.63) is 0 Å². The Morgan fingerprint density at radius 3 is 2.54 bits per heavy atom. The summed E-state index contributed by atoms with van der Waals surface area (Å²) in [5.74, 6) is 0. The molecule has 0 aliphatic carbocycles. The fourth-order valence-corrected chi connectivity index (χ4v) is 2.28. The topological polar surface area (TPSA) is 27.7 Å². The second-order valence-electron chi connectivity index (χ2n) is 3.05. The third-order valence-electron chi connectivity index (χ3n) is 1.87. The largest absolute Gasteiger partial charge is 0.398 e. The molecule has 0 radical (unpaired) electrons. The molecule has 0 aliphatic rings. The van der Waals surface area contributed by atoms with Gasteiger partial charge in [-0.15, -0.1) is 0 Å². The molecule has 4 heteroatoms. The van der Waals surface area contributed by atoms with E-state index in [-0.39, 0.29) is 6.29 Å². The number of methoxy groups -OCH3 is 2. The molecule has 1 unspecified atom stereocenters. The van der Waals surface area contributed by atoms with Gasteiger partial charge in [-0.25, -0.2) is 0 Å². The van der Waals surface area contributed by atoms with E-state index in [4.69, 9.17) is 13.9 Å². The molecule has 0 aromatic carbocycles. The molecule has 0 saturated heterocycles. The summed E-state index contributed by atoms with van der Waals surface area (Å²) in [5, 5.41) is 0. The van der Waals surface area contributed by atoms with E-state index in [0.29, 0.717) is 6.61 Å². The highest BCUT2D eigenvalue weighted by Gasteiger charge is 2.05. The SMILES string of the molecule is CCCCC[SiH2]OC(COC)OC. The average molecular weight is 206 g/mol. The lowest BCUT2D eigenvalue weighted by Gasteiger charge is -2.15. The molecule has 13 heavy (non-hydrogen) atoms. The van der Waals surface area contributed by atoms with Crippen molar-refractivity contribution in [3.63, 3.8) is 0 Å². The molecular formula is C9H22O3Si. The maximum Gasteiger partial charge on any atom is 0.170 e. The van der Waals surface area contributed by atoms with Crippen LogP contribution in [-0.2, 0) is 13.9 Å². The number of ether oxygens (including phenoxy) is 2. The first-order valence-corrected chi connectivity index (χ1v) is 6.56. The first-order chi connectivity index (χ1) is 6.35. The molecule has 0 fully saturated rings. The maximum absolute atomic E-state index is 5.57. The van der Waals surface area contributed by atoms with Crippen LogP contribution in [0.5, 0.6) is 0 Å². The quantitative estimate of drug-likeness (QED) is 0.323. The van der Waals surface area contributed by atoms with Crippen molar-refractivity contribution in [2.24, 2.45) is 0 Å². The third-order valence-corrected chi connectivity index (χ3v) is 3.26. The van der Waals surface area contributed by atoms with Gasteiger partial charge in [-0.3, -0.25) is 0 Å². The minimum atomic E-state index is -0.393. The van der Waals surface area contributed by atoms with Crippen LogP contribution in [0.2, 0.25) is 6.04 Å². The molecule has 0 heterocycles. The Kier molecular flexibility index (Phi) is 10.3. The fraction of sp³-hybridized carbons (Fsp3) is 1.00. The van der Waals surface area contributed by atoms with E-state index in [9.17, 15) is 0 Å². The van der Waals surface area contributed by atoms with Gasteiger partial charge in [0.25, 0.3) is 0 Å². The van der Waals surface area contributed by atoms with Gasteiger partial charge in [-0.05, 0) is 6.04 Å².